The summed E-state index contributed by atoms with van der Waals surface area (Å²) < 4.78 is 5.03. The molecule has 0 aromatic heterocycles. The Morgan fingerprint density at radius 2 is 2.05 bits per heavy atom. The number of methoxy groups -OCH3 is 1. The third kappa shape index (κ3) is 3.42. The van der Waals surface area contributed by atoms with Crippen molar-refractivity contribution < 1.29 is 9.84 Å². The lowest BCUT2D eigenvalue weighted by atomic mass is 10.2. The number of rotatable bonds is 4. The van der Waals surface area contributed by atoms with E-state index in [0.29, 0.717) is 10.8 Å². The first-order valence-corrected chi connectivity index (χ1v) is 6.40. The number of aryl methyl sites for hydroxylation is 1. The minimum absolute atomic E-state index is 0.0999. The maximum atomic E-state index is 9.50. The van der Waals surface area contributed by atoms with E-state index < -0.39 is 0 Å². The van der Waals surface area contributed by atoms with Crippen molar-refractivity contribution >= 4 is 23.5 Å². The Bertz CT molecular complexity index is 642. The first-order chi connectivity index (χ1) is 9.60. The second-order valence-corrected chi connectivity index (χ2v) is 4.67. The second-order valence-electron chi connectivity index (χ2n) is 4.27. The van der Waals surface area contributed by atoms with E-state index in [4.69, 9.17) is 16.3 Å². The molecule has 5 heteroatoms. The molecular weight excluding hydrogens is 276 g/mol. The van der Waals surface area contributed by atoms with Gasteiger partial charge in [0.25, 0.3) is 0 Å². The fourth-order valence-corrected chi connectivity index (χ4v) is 1.80. The number of phenolic OH excluding ortho intramolecular Hbond substituents is 1. The van der Waals surface area contributed by atoms with Crippen molar-refractivity contribution in [3.63, 3.8) is 0 Å². The molecule has 0 radical (unpaired) electrons. The fourth-order valence-electron chi connectivity index (χ4n) is 1.62. The largest absolute Gasteiger partial charge is 0.504 e. The molecular formula is C15H15ClN2O2. The van der Waals surface area contributed by atoms with Crippen LogP contribution in [-0.4, -0.2) is 18.4 Å². The summed E-state index contributed by atoms with van der Waals surface area (Å²) in [6.07, 6.45) is 1.63. The van der Waals surface area contributed by atoms with E-state index in [9.17, 15) is 5.11 Å². The molecule has 2 N–H and O–H groups in total. The highest BCUT2D eigenvalue weighted by atomic mass is 35.5. The summed E-state index contributed by atoms with van der Waals surface area (Å²) in [7, 11) is 1.50. The third-order valence-corrected chi connectivity index (χ3v) is 3.19. The number of hydrazone groups is 1. The van der Waals surface area contributed by atoms with Gasteiger partial charge in [0.05, 0.1) is 19.0 Å². The second kappa shape index (κ2) is 6.30. The lowest BCUT2D eigenvalue weighted by Gasteiger charge is -2.04. The summed E-state index contributed by atoms with van der Waals surface area (Å²) >= 11 is 6.03. The molecule has 0 spiro atoms. The van der Waals surface area contributed by atoms with Gasteiger partial charge in [-0.1, -0.05) is 17.7 Å². The molecule has 0 bridgehead atoms. The predicted molar refractivity (Wildman–Crippen MR) is 82.1 cm³/mol. The predicted octanol–water partition coefficient (Wildman–Crippen LogP) is 3.81. The van der Waals surface area contributed by atoms with E-state index in [2.05, 4.69) is 10.5 Å². The number of ether oxygens (including phenoxy) is 1. The molecule has 0 aliphatic heterocycles. The van der Waals surface area contributed by atoms with E-state index in [1.165, 1.54) is 7.11 Å². The van der Waals surface area contributed by atoms with Crippen LogP contribution in [0, 0.1) is 6.92 Å². The first-order valence-electron chi connectivity index (χ1n) is 6.02. The normalized spacial score (nSPS) is 10.8. The molecule has 2 aromatic rings. The van der Waals surface area contributed by atoms with Gasteiger partial charge in [0, 0.05) is 5.02 Å². The minimum atomic E-state index is 0.0999. The topological polar surface area (TPSA) is 53.8 Å². The summed E-state index contributed by atoms with van der Waals surface area (Å²) in [6.45, 7) is 1.94. The number of halogens is 1. The zero-order valence-corrected chi connectivity index (χ0v) is 12.0. The van der Waals surface area contributed by atoms with Crippen molar-refractivity contribution in [3.05, 3.63) is 52.5 Å². The van der Waals surface area contributed by atoms with Crippen LogP contribution in [0.15, 0.2) is 41.5 Å². The third-order valence-electron chi connectivity index (χ3n) is 2.78. The molecule has 0 fully saturated rings. The van der Waals surface area contributed by atoms with Crippen LogP contribution in [0.2, 0.25) is 5.02 Å². The van der Waals surface area contributed by atoms with Crippen LogP contribution >= 0.6 is 11.6 Å². The Hall–Kier alpha value is -2.20. The van der Waals surface area contributed by atoms with Crippen molar-refractivity contribution in [1.82, 2.24) is 0 Å². The number of nitrogens with one attached hydrogen (secondary N) is 1. The van der Waals surface area contributed by atoms with Gasteiger partial charge < -0.3 is 9.84 Å². The van der Waals surface area contributed by atoms with Crippen LogP contribution in [0.5, 0.6) is 11.5 Å². The van der Waals surface area contributed by atoms with Crippen LogP contribution < -0.4 is 10.2 Å². The molecule has 0 heterocycles. The Labute approximate surface area is 122 Å². The molecule has 0 unspecified atom stereocenters. The lowest BCUT2D eigenvalue weighted by Crippen LogP contribution is -1.92. The van der Waals surface area contributed by atoms with Crippen LogP contribution in [0.4, 0.5) is 5.69 Å². The van der Waals surface area contributed by atoms with E-state index >= 15 is 0 Å². The smallest absolute Gasteiger partial charge is 0.161 e. The summed E-state index contributed by atoms with van der Waals surface area (Å²) in [6, 6.07) is 10.6. The molecule has 2 rings (SSSR count). The molecule has 20 heavy (non-hydrogen) atoms. The van der Waals surface area contributed by atoms with Gasteiger partial charge in [0.2, 0.25) is 0 Å². The van der Waals surface area contributed by atoms with Crippen LogP contribution in [0.3, 0.4) is 0 Å². The highest BCUT2D eigenvalue weighted by Crippen LogP contribution is 2.25. The number of benzene rings is 2. The van der Waals surface area contributed by atoms with E-state index in [1.807, 2.05) is 25.1 Å². The van der Waals surface area contributed by atoms with Crippen LogP contribution in [0.1, 0.15) is 11.1 Å². The average Bonchev–Trinajstić information content (AvgIpc) is 2.44. The Morgan fingerprint density at radius 3 is 2.75 bits per heavy atom. The maximum Gasteiger partial charge on any atom is 0.161 e. The molecule has 4 nitrogen and oxygen atoms in total. The number of phenols is 1. The zero-order chi connectivity index (χ0) is 14.5. The molecule has 0 saturated heterocycles. The van der Waals surface area contributed by atoms with Gasteiger partial charge >= 0.3 is 0 Å². The first kappa shape index (κ1) is 14.2. The quantitative estimate of drug-likeness (QED) is 0.665. The standard InChI is InChI=1S/C15H15ClN2O2/c1-10-3-5-12(8-13(10)16)18-17-9-11-4-6-14(19)15(7-11)20-2/h3-9,18-19H,1-2H3. The highest BCUT2D eigenvalue weighted by Gasteiger charge is 2.01. The number of hydrogen-bond acceptors (Lipinski definition) is 4. The minimum Gasteiger partial charge on any atom is -0.504 e. The molecule has 2 aromatic carbocycles. The molecule has 0 saturated carbocycles. The SMILES string of the molecule is COc1cc(C=NNc2ccc(C)c(Cl)c2)ccc1O. The van der Waals surface area contributed by atoms with Gasteiger partial charge in [-0.15, -0.1) is 0 Å². The highest BCUT2D eigenvalue weighted by molar-refractivity contribution is 6.31. The zero-order valence-electron chi connectivity index (χ0n) is 11.2. The van der Waals surface area contributed by atoms with Crippen molar-refractivity contribution in [2.24, 2.45) is 5.10 Å². The van der Waals surface area contributed by atoms with Crippen molar-refractivity contribution in [2.45, 2.75) is 6.92 Å². The number of nitrogens with zero attached hydrogens (tertiary/aromatic N) is 1. The van der Waals surface area contributed by atoms with Gasteiger partial charge in [-0.25, -0.2) is 0 Å². The van der Waals surface area contributed by atoms with E-state index in [-0.39, 0.29) is 5.75 Å². The van der Waals surface area contributed by atoms with Crippen LogP contribution in [0.25, 0.3) is 0 Å². The van der Waals surface area contributed by atoms with E-state index in [0.717, 1.165) is 16.8 Å². The monoisotopic (exact) mass is 290 g/mol. The Balaban J connectivity index is 2.08. The average molecular weight is 291 g/mol. The fraction of sp³-hybridized carbons (Fsp3) is 0.133. The number of hydrogen-bond donors (Lipinski definition) is 2. The van der Waals surface area contributed by atoms with Crippen LogP contribution in [-0.2, 0) is 0 Å². The Morgan fingerprint density at radius 1 is 1.25 bits per heavy atom. The maximum absolute atomic E-state index is 9.50. The number of anilines is 1. The van der Waals surface area contributed by atoms with Gasteiger partial charge in [-0.05, 0) is 48.4 Å². The summed E-state index contributed by atoms with van der Waals surface area (Å²) in [4.78, 5) is 0. The number of aromatic hydroxyl groups is 1. The molecule has 104 valence electrons. The van der Waals surface area contributed by atoms with Crippen molar-refractivity contribution in [1.29, 1.82) is 0 Å². The van der Waals surface area contributed by atoms with E-state index in [1.54, 1.807) is 24.4 Å². The van der Waals surface area contributed by atoms with Gasteiger partial charge in [0.15, 0.2) is 11.5 Å². The van der Waals surface area contributed by atoms with Crippen molar-refractivity contribution in [2.75, 3.05) is 12.5 Å². The molecule has 0 atom stereocenters. The molecule has 0 aliphatic carbocycles. The summed E-state index contributed by atoms with van der Waals surface area (Å²) in [5, 5.41) is 14.3. The molecule has 0 aliphatic rings. The van der Waals surface area contributed by atoms with Gasteiger partial charge in [-0.3, -0.25) is 5.43 Å². The Kier molecular flexibility index (Phi) is 4.48. The van der Waals surface area contributed by atoms with Crippen molar-refractivity contribution in [3.8, 4) is 11.5 Å². The molecule has 0 amide bonds. The summed E-state index contributed by atoms with van der Waals surface area (Å²) in [5.74, 6) is 0.509. The lowest BCUT2D eigenvalue weighted by molar-refractivity contribution is 0.373. The summed E-state index contributed by atoms with van der Waals surface area (Å²) in [5.41, 5.74) is 5.53. The van der Waals surface area contributed by atoms with Gasteiger partial charge in [-0.2, -0.15) is 5.10 Å². The van der Waals surface area contributed by atoms with Gasteiger partial charge in [0.1, 0.15) is 0 Å².